The van der Waals surface area contributed by atoms with Gasteiger partial charge in [-0.25, -0.2) is 0 Å². The number of hydrogen-bond donors (Lipinski definition) is 23. The molecule has 0 fully saturated rings. The van der Waals surface area contributed by atoms with Crippen LogP contribution >= 0.6 is 0 Å². The lowest BCUT2D eigenvalue weighted by atomic mass is 9.91. The Hall–Kier alpha value is -13.9. The quantitative estimate of drug-likeness (QED) is 0.0247. The van der Waals surface area contributed by atoms with Gasteiger partial charge < -0.3 is 122 Å². The van der Waals surface area contributed by atoms with Gasteiger partial charge in [0.05, 0.1) is 6.10 Å². The average molecular weight is 1930 g/mol. The number of carbonyl (C=O) groups excluding carboxylic acids is 19. The SMILES string of the molecule is CC(=O)N[C@@H](CC(C)C)C(=O)N[C@H](C(=O)N[C@@H](Cc1ccccc1)C(=O)N[C@]1(C)CCCCCCC=CCCC[C@@](C)(C(=O)N[C@@H](C)C(=O)N[C@@H](C)C(=O)N[C@@H](C)C(=O)N[C@@H](C)C(=O)N[C@@H](C)C(=O)N[C@H](C)C(N)=O)NC(=O)[C@H](CC(C)C)NC(=O)[C@H](CCC(N)=O)NC(=O)[C@H](C)NC(=O)[C@H](Cc2c[nH]c3ccccc23)NC(=O)[C@H](Cc2ccc(O)cc2)NC(=O)[C@H](CCC(=O)O)NC1=O)[C@@H](C)O. The summed E-state index contributed by atoms with van der Waals surface area (Å²) in [6, 6.07) is -1.45. The second kappa shape index (κ2) is 55.3. The predicted octanol–water partition coefficient (Wildman–Crippen LogP) is -0.748. The number of allylic oxidation sites excluding steroid dienone is 2. The molecule has 0 saturated heterocycles. The number of H-pyrrole nitrogens is 1. The van der Waals surface area contributed by atoms with Crippen molar-refractivity contribution in [3.05, 3.63) is 114 Å². The number of para-hydroxylation sites is 1. The van der Waals surface area contributed by atoms with Crippen molar-refractivity contribution in [2.45, 2.75) is 327 Å². The molecule has 758 valence electrons. The number of amides is 19. The molecule has 4 aromatic rings. The lowest BCUT2D eigenvalue weighted by Gasteiger charge is -2.34. The second-order valence-corrected chi connectivity index (χ2v) is 36.6. The van der Waals surface area contributed by atoms with Gasteiger partial charge in [-0.2, -0.15) is 0 Å². The van der Waals surface area contributed by atoms with E-state index in [9.17, 15) is 82.4 Å². The number of phenols is 1. The number of aliphatic carboxylic acids is 1. The standard InChI is InChI=1S/C95H140N20O23/c1-50(2)44-69(106-60(13)117)88(133)113-76(59(12)116)91(136)111-72(46-61-30-24-23-25-31-61)90(135)115-95(15)43-29-22-20-18-16-17-19-21-28-42-94(14,92(137)105-58(11)82(127)103-56(9)81(126)102-55(8)80(125)101-54(7)79(124)100-53(6)78(123)99-52(5)77(97)122)114-89(134)70(45-51(3)4)108-84(129)67(38-40-74(96)119)107-83(128)57(10)104-86(131)73(48-63-49-98-66-33-27-26-32-65(63)66)110-87(132)71(47-62-34-36-64(118)37-35-62)109-85(130)68(112-93(95)138)39-41-75(120)121/h17,19,23-27,30-37,49-59,67-73,76,98,116,118H,16,18,20-22,28-29,38-48H2,1-15H3,(H2,96,119)(H2,97,122)(H,99,123)(H,100,124)(H,101,125)(H,102,126)(H,103,127)(H,104,131)(H,105,137)(H,106,117)(H,107,128)(H,108,129)(H,109,130)(H,110,132)(H,111,136)(H,112,138)(H,113,133)(H,114,134)(H,115,135)(H,120,121)/t52-,53+,54+,55+,56+,57+,58+,59-,67+,68+,69+,70+,71+,72+,73+,76+,94+,95-/m1/s1. The molecular formula is C95H140N20O23. The molecule has 5 rings (SSSR count). The molecule has 0 aliphatic carbocycles. The Morgan fingerprint density at radius 2 is 0.957 bits per heavy atom. The molecule has 18 atom stereocenters. The molecular weight excluding hydrogens is 1790 g/mol. The number of benzene rings is 3. The molecule has 1 aromatic heterocycles. The van der Waals surface area contributed by atoms with E-state index < -0.39 is 258 Å². The summed E-state index contributed by atoms with van der Waals surface area (Å²) in [6.45, 7) is 21.2. The molecule has 19 amide bonds. The number of nitrogens with one attached hydrogen (secondary N) is 18. The van der Waals surface area contributed by atoms with Crippen LogP contribution in [0.2, 0.25) is 0 Å². The Balaban J connectivity index is 1.58. The van der Waals surface area contributed by atoms with Crippen LogP contribution in [0.15, 0.2) is 97.2 Å². The highest BCUT2D eigenvalue weighted by molar-refractivity contribution is 6.03. The number of fused-ring (bicyclic) bond motifs is 1. The van der Waals surface area contributed by atoms with Gasteiger partial charge in [-0.05, 0) is 180 Å². The van der Waals surface area contributed by atoms with E-state index in [0.29, 0.717) is 53.3 Å². The van der Waals surface area contributed by atoms with Gasteiger partial charge in [0.1, 0.15) is 107 Å². The summed E-state index contributed by atoms with van der Waals surface area (Å²) in [7, 11) is 0. The van der Waals surface area contributed by atoms with E-state index >= 15 is 28.8 Å². The molecule has 0 radical (unpaired) electrons. The second-order valence-electron chi connectivity index (χ2n) is 36.6. The molecule has 43 heteroatoms. The highest BCUT2D eigenvalue weighted by Crippen LogP contribution is 2.25. The number of aliphatic hydroxyl groups is 1. The minimum Gasteiger partial charge on any atom is -0.508 e. The van der Waals surface area contributed by atoms with Gasteiger partial charge in [0.2, 0.25) is 112 Å². The van der Waals surface area contributed by atoms with Crippen molar-refractivity contribution in [1.29, 1.82) is 0 Å². The topological polar surface area (TPSA) is 674 Å². The summed E-state index contributed by atoms with van der Waals surface area (Å²) in [6.07, 6.45) is 2.39. The minimum atomic E-state index is -2.08. The molecule has 0 bridgehead atoms. The van der Waals surface area contributed by atoms with Crippen LogP contribution in [0.3, 0.4) is 0 Å². The number of carboxylic acid groups (broad SMARTS) is 1. The Labute approximate surface area is 802 Å². The van der Waals surface area contributed by atoms with E-state index in [2.05, 4.69) is 95.4 Å². The van der Waals surface area contributed by atoms with Crippen LogP contribution in [0.25, 0.3) is 10.9 Å². The van der Waals surface area contributed by atoms with E-state index in [1.807, 2.05) is 12.2 Å². The van der Waals surface area contributed by atoms with E-state index in [1.54, 1.807) is 88.5 Å². The monoisotopic (exact) mass is 1930 g/mol. The largest absolute Gasteiger partial charge is 0.508 e. The van der Waals surface area contributed by atoms with E-state index in [1.165, 1.54) is 100 Å². The summed E-state index contributed by atoms with van der Waals surface area (Å²) < 4.78 is 0. The van der Waals surface area contributed by atoms with Crippen LogP contribution in [0.5, 0.6) is 5.75 Å². The number of carboxylic acids is 1. The van der Waals surface area contributed by atoms with Crippen LogP contribution in [0.1, 0.15) is 217 Å². The number of nitrogens with two attached hydrogens (primary N) is 2. The van der Waals surface area contributed by atoms with E-state index in [-0.39, 0.29) is 75.4 Å². The van der Waals surface area contributed by atoms with Crippen molar-refractivity contribution < 1.29 is 111 Å². The van der Waals surface area contributed by atoms with Gasteiger partial charge in [0.25, 0.3) is 0 Å². The van der Waals surface area contributed by atoms with Gasteiger partial charge in [-0.15, -0.1) is 0 Å². The zero-order valence-electron chi connectivity index (χ0n) is 81.0. The molecule has 1 aliphatic heterocycles. The predicted molar refractivity (Wildman–Crippen MR) is 507 cm³/mol. The smallest absolute Gasteiger partial charge is 0.303 e. The first-order valence-corrected chi connectivity index (χ1v) is 46.5. The molecule has 2 heterocycles. The molecule has 3 aromatic carbocycles. The van der Waals surface area contributed by atoms with Gasteiger partial charge in [0.15, 0.2) is 0 Å². The number of rotatable bonds is 37. The molecule has 1 aliphatic rings. The molecule has 0 unspecified atom stereocenters. The van der Waals surface area contributed by atoms with Crippen molar-refractivity contribution in [3.8, 4) is 5.75 Å². The Morgan fingerprint density at radius 3 is 1.49 bits per heavy atom. The summed E-state index contributed by atoms with van der Waals surface area (Å²) in [5, 5.41) is 76.0. The van der Waals surface area contributed by atoms with E-state index in [4.69, 9.17) is 11.5 Å². The first kappa shape index (κ1) is 115. The average Bonchev–Trinajstić information content (AvgIpc) is 1.57. The number of carbonyl (C=O) groups is 20. The molecule has 25 N–H and O–H groups in total. The summed E-state index contributed by atoms with van der Waals surface area (Å²) >= 11 is 0. The molecule has 0 saturated carbocycles. The number of aromatic hydroxyl groups is 1. The van der Waals surface area contributed by atoms with Crippen LogP contribution in [-0.4, -0.2) is 246 Å². The highest BCUT2D eigenvalue weighted by Gasteiger charge is 2.44. The maximum absolute atomic E-state index is 15.6. The lowest BCUT2D eigenvalue weighted by Crippen LogP contribution is -2.65. The normalized spacial score (nSPS) is 21.6. The summed E-state index contributed by atoms with van der Waals surface area (Å²) in [5.41, 5.74) is 8.67. The summed E-state index contributed by atoms with van der Waals surface area (Å²) in [5.74, 6) is -19.7. The number of hydrogen-bond acceptors (Lipinski definition) is 22. The first-order valence-electron chi connectivity index (χ1n) is 46.5. The Kier molecular flexibility index (Phi) is 46.0. The molecule has 138 heavy (non-hydrogen) atoms. The minimum absolute atomic E-state index is 0.107. The van der Waals surface area contributed by atoms with Crippen molar-refractivity contribution in [2.24, 2.45) is 23.3 Å². The fraction of sp³-hybridized carbons (Fsp3) is 0.558. The molecule has 0 spiro atoms. The highest BCUT2D eigenvalue weighted by atomic mass is 16.4. The van der Waals surface area contributed by atoms with Crippen molar-refractivity contribution in [1.82, 2.24) is 95.4 Å². The lowest BCUT2D eigenvalue weighted by molar-refractivity contribution is -0.140. The fourth-order valence-electron chi connectivity index (χ4n) is 14.9. The third-order valence-electron chi connectivity index (χ3n) is 23.1. The number of primary amides is 2. The Morgan fingerprint density at radius 1 is 0.464 bits per heavy atom. The van der Waals surface area contributed by atoms with Crippen LogP contribution in [-0.2, 0) is 115 Å². The van der Waals surface area contributed by atoms with Crippen molar-refractivity contribution >= 4 is 129 Å². The van der Waals surface area contributed by atoms with Gasteiger partial charge in [0, 0.05) is 56.1 Å². The number of aromatic amines is 1. The van der Waals surface area contributed by atoms with Gasteiger partial charge >= 0.3 is 5.97 Å². The third kappa shape index (κ3) is 38.3. The van der Waals surface area contributed by atoms with Gasteiger partial charge in [-0.3, -0.25) is 95.9 Å². The van der Waals surface area contributed by atoms with Crippen molar-refractivity contribution in [2.75, 3.05) is 0 Å². The van der Waals surface area contributed by atoms with Crippen LogP contribution in [0, 0.1) is 11.8 Å². The Bertz CT molecular complexity index is 4970. The van der Waals surface area contributed by atoms with Crippen LogP contribution in [0.4, 0.5) is 0 Å². The number of aromatic nitrogens is 1. The maximum atomic E-state index is 15.6. The fourth-order valence-corrected chi connectivity index (χ4v) is 14.9. The first-order chi connectivity index (χ1) is 64.8. The van der Waals surface area contributed by atoms with Gasteiger partial charge in [-0.1, -0.05) is 120 Å². The third-order valence-corrected chi connectivity index (χ3v) is 23.1. The zero-order valence-corrected chi connectivity index (χ0v) is 81.0. The maximum Gasteiger partial charge on any atom is 0.303 e. The van der Waals surface area contributed by atoms with E-state index in [0.717, 1.165) is 0 Å². The van der Waals surface area contributed by atoms with Crippen molar-refractivity contribution in [3.63, 3.8) is 0 Å². The number of aliphatic hydroxyl groups excluding tert-OH is 1. The zero-order chi connectivity index (χ0) is 103. The molecule has 43 nitrogen and oxygen atoms in total. The summed E-state index contributed by atoms with van der Waals surface area (Å²) in [4.78, 5) is 283. The number of phenolic OH excluding ortho intramolecular Hbond substituents is 1. The van der Waals surface area contributed by atoms with Crippen LogP contribution < -0.4 is 102 Å².